The average Bonchev–Trinajstić information content (AvgIpc) is 2.34. The van der Waals surface area contributed by atoms with E-state index in [0.717, 1.165) is 17.7 Å². The molecule has 0 saturated carbocycles. The van der Waals surface area contributed by atoms with E-state index in [2.05, 4.69) is 5.32 Å². The Labute approximate surface area is 106 Å². The molecule has 0 fully saturated rings. The summed E-state index contributed by atoms with van der Waals surface area (Å²) < 4.78 is 18.7. The van der Waals surface area contributed by atoms with Crippen LogP contribution in [0.2, 0.25) is 0 Å². The van der Waals surface area contributed by atoms with Crippen LogP contribution in [0.5, 0.6) is 5.75 Å². The fraction of sp³-hybridized carbons (Fsp3) is 0.385. The molecule has 0 aliphatic carbocycles. The van der Waals surface area contributed by atoms with Crippen LogP contribution in [0.25, 0.3) is 0 Å². The Kier molecular flexibility index (Phi) is 6.01. The number of ether oxygens (including phenoxy) is 1. The minimum Gasteiger partial charge on any atom is -0.489 e. The lowest BCUT2D eigenvalue weighted by Gasteiger charge is -2.12. The van der Waals surface area contributed by atoms with Crippen LogP contribution >= 0.6 is 11.6 Å². The van der Waals surface area contributed by atoms with Gasteiger partial charge < -0.3 is 10.1 Å². The first-order valence-electron chi connectivity index (χ1n) is 5.55. The second-order valence-corrected chi connectivity index (χ2v) is 3.99. The molecule has 1 aromatic carbocycles. The predicted octanol–water partition coefficient (Wildman–Crippen LogP) is 3.46. The molecule has 2 nitrogen and oxygen atoms in total. The van der Waals surface area contributed by atoms with Crippen LogP contribution in [0.15, 0.2) is 29.3 Å². The summed E-state index contributed by atoms with van der Waals surface area (Å²) in [5, 5.41) is 3.15. The fourth-order valence-electron chi connectivity index (χ4n) is 1.31. The van der Waals surface area contributed by atoms with Gasteiger partial charge in [0, 0.05) is 17.6 Å². The first-order valence-corrected chi connectivity index (χ1v) is 5.98. The third-order valence-corrected chi connectivity index (χ3v) is 2.60. The summed E-state index contributed by atoms with van der Waals surface area (Å²) in [7, 11) is 0. The quantitative estimate of drug-likeness (QED) is 0.843. The van der Waals surface area contributed by atoms with Crippen LogP contribution in [-0.2, 0) is 6.54 Å². The number of rotatable bonds is 6. The van der Waals surface area contributed by atoms with E-state index >= 15 is 0 Å². The van der Waals surface area contributed by atoms with Gasteiger partial charge in [-0.05, 0) is 37.2 Å². The van der Waals surface area contributed by atoms with Crippen molar-refractivity contribution in [1.29, 1.82) is 0 Å². The van der Waals surface area contributed by atoms with E-state index in [1.165, 1.54) is 17.7 Å². The third kappa shape index (κ3) is 4.75. The van der Waals surface area contributed by atoms with Gasteiger partial charge in [0.25, 0.3) is 0 Å². The molecule has 0 aromatic heterocycles. The van der Waals surface area contributed by atoms with Crippen molar-refractivity contribution in [2.45, 2.75) is 20.4 Å². The van der Waals surface area contributed by atoms with Gasteiger partial charge in [-0.2, -0.15) is 0 Å². The Morgan fingerprint density at radius 3 is 2.94 bits per heavy atom. The van der Waals surface area contributed by atoms with Gasteiger partial charge in [0.2, 0.25) is 0 Å². The van der Waals surface area contributed by atoms with E-state index in [4.69, 9.17) is 16.3 Å². The van der Waals surface area contributed by atoms with Crippen molar-refractivity contribution in [3.63, 3.8) is 0 Å². The van der Waals surface area contributed by atoms with E-state index in [1.54, 1.807) is 6.07 Å². The summed E-state index contributed by atoms with van der Waals surface area (Å²) >= 11 is 5.55. The summed E-state index contributed by atoms with van der Waals surface area (Å²) in [6, 6.07) is 4.52. The van der Waals surface area contributed by atoms with Crippen LogP contribution in [0.3, 0.4) is 0 Å². The zero-order valence-corrected chi connectivity index (χ0v) is 10.9. The summed E-state index contributed by atoms with van der Waals surface area (Å²) in [6.07, 6.45) is 0. The van der Waals surface area contributed by atoms with E-state index in [1.807, 2.05) is 13.8 Å². The molecule has 1 rings (SSSR count). The Hall–Kier alpha value is -1.06. The summed E-state index contributed by atoms with van der Waals surface area (Å²) in [5.41, 5.74) is 3.22. The molecule has 0 aliphatic heterocycles. The minimum atomic E-state index is -0.255. The van der Waals surface area contributed by atoms with E-state index < -0.39 is 0 Å². The number of benzene rings is 1. The lowest BCUT2D eigenvalue weighted by atomic mass is 10.2. The highest BCUT2D eigenvalue weighted by Crippen LogP contribution is 2.20. The van der Waals surface area contributed by atoms with Gasteiger partial charge in [-0.3, -0.25) is 0 Å². The highest BCUT2D eigenvalue weighted by Gasteiger charge is 2.05. The van der Waals surface area contributed by atoms with Gasteiger partial charge >= 0.3 is 0 Å². The third-order valence-electron chi connectivity index (χ3n) is 2.23. The zero-order valence-electron chi connectivity index (χ0n) is 10.1. The van der Waals surface area contributed by atoms with Crippen molar-refractivity contribution < 1.29 is 9.13 Å². The predicted molar refractivity (Wildman–Crippen MR) is 68.9 cm³/mol. The highest BCUT2D eigenvalue weighted by atomic mass is 35.5. The Bertz CT molecular complexity index is 393. The first-order chi connectivity index (χ1) is 8.17. The van der Waals surface area contributed by atoms with Gasteiger partial charge in [0.05, 0.1) is 0 Å². The fourth-order valence-corrected chi connectivity index (χ4v) is 1.37. The molecule has 0 saturated heterocycles. The number of nitrogens with one attached hydrogen (secondary N) is 1. The average molecular weight is 258 g/mol. The Balaban J connectivity index is 2.75. The molecule has 0 atom stereocenters. The van der Waals surface area contributed by atoms with Gasteiger partial charge in [-0.15, -0.1) is 0 Å². The Morgan fingerprint density at radius 1 is 1.53 bits per heavy atom. The first kappa shape index (κ1) is 14.0. The van der Waals surface area contributed by atoms with Crippen molar-refractivity contribution >= 4 is 11.6 Å². The molecule has 4 heteroatoms. The minimum absolute atomic E-state index is 0.255. The molecule has 0 spiro atoms. The van der Waals surface area contributed by atoms with E-state index in [0.29, 0.717) is 18.9 Å². The van der Waals surface area contributed by atoms with Crippen LogP contribution in [0.1, 0.15) is 19.4 Å². The summed E-state index contributed by atoms with van der Waals surface area (Å²) in [5.74, 6) is 0.431. The van der Waals surface area contributed by atoms with Crippen molar-refractivity contribution in [2.75, 3.05) is 13.2 Å². The van der Waals surface area contributed by atoms with E-state index in [-0.39, 0.29) is 5.82 Å². The van der Waals surface area contributed by atoms with Crippen molar-refractivity contribution in [2.24, 2.45) is 0 Å². The Morgan fingerprint density at radius 2 is 2.29 bits per heavy atom. The normalized spacial score (nSPS) is 11.6. The maximum absolute atomic E-state index is 13.1. The van der Waals surface area contributed by atoms with Gasteiger partial charge in [-0.25, -0.2) is 4.39 Å². The second kappa shape index (κ2) is 7.30. The lowest BCUT2D eigenvalue weighted by Crippen LogP contribution is -2.13. The number of hydrogen-bond donors (Lipinski definition) is 1. The molecule has 0 amide bonds. The molecular weight excluding hydrogens is 241 g/mol. The zero-order chi connectivity index (χ0) is 12.7. The number of halogens is 2. The van der Waals surface area contributed by atoms with Gasteiger partial charge in [0.15, 0.2) is 0 Å². The largest absolute Gasteiger partial charge is 0.489 e. The second-order valence-electron chi connectivity index (χ2n) is 3.78. The number of hydrogen-bond acceptors (Lipinski definition) is 2. The van der Waals surface area contributed by atoms with E-state index in [9.17, 15) is 4.39 Å². The molecule has 17 heavy (non-hydrogen) atoms. The monoisotopic (exact) mass is 257 g/mol. The topological polar surface area (TPSA) is 21.3 Å². The van der Waals surface area contributed by atoms with Crippen LogP contribution in [0.4, 0.5) is 4.39 Å². The molecule has 94 valence electrons. The molecule has 0 bridgehead atoms. The summed E-state index contributed by atoms with van der Waals surface area (Å²) in [6.45, 7) is 5.71. The molecule has 1 N–H and O–H groups in total. The van der Waals surface area contributed by atoms with Crippen LogP contribution in [0, 0.1) is 5.82 Å². The van der Waals surface area contributed by atoms with Crippen molar-refractivity contribution in [3.05, 3.63) is 40.7 Å². The maximum atomic E-state index is 13.1. The molecular formula is C13H17ClFNO. The van der Waals surface area contributed by atoms with Crippen molar-refractivity contribution in [3.8, 4) is 5.75 Å². The molecule has 0 heterocycles. The smallest absolute Gasteiger partial charge is 0.124 e. The molecule has 0 radical (unpaired) electrons. The summed E-state index contributed by atoms with van der Waals surface area (Å²) in [4.78, 5) is 0. The highest BCUT2D eigenvalue weighted by molar-refractivity contribution is 6.25. The maximum Gasteiger partial charge on any atom is 0.124 e. The molecule has 0 aliphatic rings. The van der Waals surface area contributed by atoms with Crippen molar-refractivity contribution in [1.82, 2.24) is 5.32 Å². The van der Waals surface area contributed by atoms with Gasteiger partial charge in [0.1, 0.15) is 18.2 Å². The lowest BCUT2D eigenvalue weighted by molar-refractivity contribution is 0.346. The SMILES string of the molecule is CCNCc1cc(F)ccc1OC/C(C)=C/Cl. The molecule has 1 aromatic rings. The standard InChI is InChI=1S/C13H17ClFNO/c1-3-16-8-11-6-12(15)4-5-13(11)17-9-10(2)7-14/h4-7,16H,3,8-9H2,1-2H3/b10-7+. The van der Waals surface area contributed by atoms with Gasteiger partial charge in [-0.1, -0.05) is 18.5 Å². The van der Waals surface area contributed by atoms with Crippen LogP contribution < -0.4 is 10.1 Å². The van der Waals surface area contributed by atoms with Crippen LogP contribution in [-0.4, -0.2) is 13.2 Å². The molecule has 0 unspecified atom stereocenters.